The molecule has 3 heteroatoms. The number of carbonyl (C=O) groups is 1. The van der Waals surface area contributed by atoms with E-state index in [0.717, 1.165) is 16.8 Å². The molecule has 0 bridgehead atoms. The number of phenols is 1. The van der Waals surface area contributed by atoms with E-state index < -0.39 is 0 Å². The topological polar surface area (TPSA) is 40.5 Å². The predicted octanol–water partition coefficient (Wildman–Crippen LogP) is 2.48. The molecule has 0 saturated heterocycles. The third kappa shape index (κ3) is 1.74. The van der Waals surface area contributed by atoms with E-state index in [1.165, 1.54) is 0 Å². The van der Waals surface area contributed by atoms with Gasteiger partial charge in [0.1, 0.15) is 5.75 Å². The van der Waals surface area contributed by atoms with Crippen molar-refractivity contribution in [2.45, 2.75) is 13.0 Å². The number of benzene rings is 2. The van der Waals surface area contributed by atoms with Crippen LogP contribution in [0.1, 0.15) is 11.1 Å². The highest BCUT2D eigenvalue weighted by atomic mass is 16.3. The Hall–Kier alpha value is -2.29. The van der Waals surface area contributed by atoms with Gasteiger partial charge in [-0.3, -0.25) is 4.79 Å². The largest absolute Gasteiger partial charge is 0.508 e. The molecule has 1 aliphatic rings. The van der Waals surface area contributed by atoms with E-state index in [9.17, 15) is 9.90 Å². The molecule has 2 aromatic carbocycles. The highest BCUT2D eigenvalue weighted by molar-refractivity contribution is 6.02. The molecular weight excluding hydrogens is 226 g/mol. The van der Waals surface area contributed by atoms with Gasteiger partial charge in [0, 0.05) is 5.56 Å². The number of carbonyl (C=O) groups excluding carboxylic acids is 1. The molecule has 0 saturated carbocycles. The summed E-state index contributed by atoms with van der Waals surface area (Å²) < 4.78 is 0. The van der Waals surface area contributed by atoms with E-state index in [0.29, 0.717) is 6.54 Å². The Kier molecular flexibility index (Phi) is 2.52. The number of anilines is 1. The van der Waals surface area contributed by atoms with Crippen LogP contribution in [0.3, 0.4) is 0 Å². The van der Waals surface area contributed by atoms with Crippen molar-refractivity contribution in [3.63, 3.8) is 0 Å². The molecule has 0 unspecified atom stereocenters. The minimum atomic E-state index is 0.0374. The van der Waals surface area contributed by atoms with Gasteiger partial charge in [0.25, 0.3) is 0 Å². The molecule has 1 aliphatic heterocycles. The van der Waals surface area contributed by atoms with E-state index >= 15 is 0 Å². The number of hydrogen-bond acceptors (Lipinski definition) is 2. The molecule has 3 rings (SSSR count). The summed E-state index contributed by atoms with van der Waals surface area (Å²) in [7, 11) is 0. The van der Waals surface area contributed by atoms with Crippen LogP contribution in [0.4, 0.5) is 5.69 Å². The normalized spacial score (nSPS) is 13.8. The maximum absolute atomic E-state index is 12.0. The standard InChI is InChI=1S/C15H13NO2/c17-14-8-4-7-13-12(14)9-15(18)16(13)10-11-5-2-1-3-6-11/h1-8,17H,9-10H2. The van der Waals surface area contributed by atoms with Crippen LogP contribution in [0.5, 0.6) is 5.75 Å². The van der Waals surface area contributed by atoms with Gasteiger partial charge in [0.05, 0.1) is 18.7 Å². The first-order valence-electron chi connectivity index (χ1n) is 5.91. The number of hydrogen-bond donors (Lipinski definition) is 1. The summed E-state index contributed by atoms with van der Waals surface area (Å²) in [5, 5.41) is 9.75. The smallest absolute Gasteiger partial charge is 0.231 e. The summed E-state index contributed by atoms with van der Waals surface area (Å²) in [5.74, 6) is 0.242. The number of phenolic OH excluding ortho intramolecular Hbond substituents is 1. The fraction of sp³-hybridized carbons (Fsp3) is 0.133. The van der Waals surface area contributed by atoms with Crippen molar-refractivity contribution >= 4 is 11.6 Å². The second-order valence-corrected chi connectivity index (χ2v) is 4.42. The first kappa shape index (κ1) is 10.8. The SMILES string of the molecule is O=C1Cc2c(O)cccc2N1Cc1ccccc1. The first-order chi connectivity index (χ1) is 8.75. The van der Waals surface area contributed by atoms with Crippen molar-refractivity contribution in [3.8, 4) is 5.75 Å². The maximum atomic E-state index is 12.0. The predicted molar refractivity (Wildman–Crippen MR) is 69.4 cm³/mol. The van der Waals surface area contributed by atoms with Gasteiger partial charge < -0.3 is 10.0 Å². The summed E-state index contributed by atoms with van der Waals surface area (Å²) >= 11 is 0. The molecule has 0 aromatic heterocycles. The number of aromatic hydroxyl groups is 1. The van der Waals surface area contributed by atoms with Crippen molar-refractivity contribution in [2.24, 2.45) is 0 Å². The molecule has 1 amide bonds. The van der Waals surface area contributed by atoms with E-state index in [2.05, 4.69) is 0 Å². The van der Waals surface area contributed by atoms with Crippen molar-refractivity contribution in [1.29, 1.82) is 0 Å². The zero-order valence-corrected chi connectivity index (χ0v) is 9.84. The monoisotopic (exact) mass is 239 g/mol. The van der Waals surface area contributed by atoms with Crippen LogP contribution < -0.4 is 4.90 Å². The minimum absolute atomic E-state index is 0.0374. The lowest BCUT2D eigenvalue weighted by Gasteiger charge is -2.17. The van der Waals surface area contributed by atoms with Gasteiger partial charge in [-0.05, 0) is 17.7 Å². The Morgan fingerprint density at radius 2 is 1.83 bits per heavy atom. The molecule has 2 aromatic rings. The number of amides is 1. The van der Waals surface area contributed by atoms with E-state index in [4.69, 9.17) is 0 Å². The van der Waals surface area contributed by atoms with Crippen molar-refractivity contribution in [3.05, 3.63) is 59.7 Å². The second-order valence-electron chi connectivity index (χ2n) is 4.42. The summed E-state index contributed by atoms with van der Waals surface area (Å²) in [6.07, 6.45) is 0.287. The zero-order chi connectivity index (χ0) is 12.5. The van der Waals surface area contributed by atoms with Crippen LogP contribution in [-0.4, -0.2) is 11.0 Å². The van der Waals surface area contributed by atoms with Gasteiger partial charge >= 0.3 is 0 Å². The Morgan fingerprint density at radius 3 is 2.61 bits per heavy atom. The summed E-state index contributed by atoms with van der Waals surface area (Å²) in [4.78, 5) is 13.7. The molecule has 1 N–H and O–H groups in total. The molecule has 90 valence electrons. The Morgan fingerprint density at radius 1 is 1.06 bits per heavy atom. The molecule has 0 atom stereocenters. The number of fused-ring (bicyclic) bond motifs is 1. The number of rotatable bonds is 2. The van der Waals surface area contributed by atoms with Gasteiger partial charge in [-0.15, -0.1) is 0 Å². The van der Waals surface area contributed by atoms with Crippen molar-refractivity contribution in [1.82, 2.24) is 0 Å². The van der Waals surface area contributed by atoms with Gasteiger partial charge in [-0.1, -0.05) is 36.4 Å². The summed E-state index contributed by atoms with van der Waals surface area (Å²) in [6.45, 7) is 0.552. The van der Waals surface area contributed by atoms with Crippen LogP contribution >= 0.6 is 0 Å². The molecule has 0 fully saturated rings. The lowest BCUT2D eigenvalue weighted by molar-refractivity contribution is -0.117. The molecule has 0 radical (unpaired) electrons. The maximum Gasteiger partial charge on any atom is 0.231 e. The Labute approximate surface area is 105 Å². The molecular formula is C15H13NO2. The first-order valence-corrected chi connectivity index (χ1v) is 5.91. The third-order valence-electron chi connectivity index (χ3n) is 3.23. The Bertz CT molecular complexity index is 593. The van der Waals surface area contributed by atoms with Crippen LogP contribution in [-0.2, 0) is 17.8 Å². The van der Waals surface area contributed by atoms with Crippen LogP contribution in [0, 0.1) is 0 Å². The molecule has 18 heavy (non-hydrogen) atoms. The third-order valence-corrected chi connectivity index (χ3v) is 3.23. The quantitative estimate of drug-likeness (QED) is 0.874. The fourth-order valence-electron chi connectivity index (χ4n) is 2.32. The highest BCUT2D eigenvalue weighted by Gasteiger charge is 2.29. The zero-order valence-electron chi connectivity index (χ0n) is 9.84. The van der Waals surface area contributed by atoms with Gasteiger partial charge in [0.15, 0.2) is 0 Å². The van der Waals surface area contributed by atoms with Gasteiger partial charge in [-0.2, -0.15) is 0 Å². The van der Waals surface area contributed by atoms with Gasteiger partial charge in [0.2, 0.25) is 5.91 Å². The van der Waals surface area contributed by atoms with E-state index in [1.54, 1.807) is 17.0 Å². The Balaban J connectivity index is 1.95. The number of nitrogens with zero attached hydrogens (tertiary/aromatic N) is 1. The minimum Gasteiger partial charge on any atom is -0.508 e. The van der Waals surface area contributed by atoms with E-state index in [1.807, 2.05) is 36.4 Å². The molecule has 3 nitrogen and oxygen atoms in total. The lowest BCUT2D eigenvalue weighted by atomic mass is 10.1. The average molecular weight is 239 g/mol. The molecule has 0 spiro atoms. The summed E-state index contributed by atoms with van der Waals surface area (Å²) in [6, 6.07) is 15.1. The summed E-state index contributed by atoms with van der Waals surface area (Å²) in [5.41, 5.74) is 2.64. The van der Waals surface area contributed by atoms with Crippen molar-refractivity contribution in [2.75, 3.05) is 4.90 Å². The van der Waals surface area contributed by atoms with Gasteiger partial charge in [-0.25, -0.2) is 0 Å². The van der Waals surface area contributed by atoms with Crippen molar-refractivity contribution < 1.29 is 9.90 Å². The van der Waals surface area contributed by atoms with E-state index in [-0.39, 0.29) is 18.1 Å². The molecule has 1 heterocycles. The van der Waals surface area contributed by atoms with Crippen LogP contribution in [0.2, 0.25) is 0 Å². The second kappa shape index (κ2) is 4.18. The fourth-order valence-corrected chi connectivity index (χ4v) is 2.32. The highest BCUT2D eigenvalue weighted by Crippen LogP contribution is 2.35. The lowest BCUT2D eigenvalue weighted by Crippen LogP contribution is -2.25. The molecule has 0 aliphatic carbocycles. The average Bonchev–Trinajstić information content (AvgIpc) is 2.70. The van der Waals surface area contributed by atoms with Crippen LogP contribution in [0.15, 0.2) is 48.5 Å². The van der Waals surface area contributed by atoms with Crippen LogP contribution in [0.25, 0.3) is 0 Å².